The van der Waals surface area contributed by atoms with Crippen LogP contribution in [0.1, 0.15) is 0 Å². The van der Waals surface area contributed by atoms with Crippen molar-refractivity contribution < 1.29 is 13.2 Å². The molecule has 6 nitrogen and oxygen atoms in total. The van der Waals surface area contributed by atoms with Crippen molar-refractivity contribution in [1.29, 1.82) is 0 Å². The summed E-state index contributed by atoms with van der Waals surface area (Å²) in [6, 6.07) is 5.67. The number of nitrogens with two attached hydrogens (primary N) is 1. The number of benzene rings is 1. The molecule has 0 bridgehead atoms. The molecule has 1 aromatic heterocycles. The Morgan fingerprint density at radius 2 is 2.10 bits per heavy atom. The Labute approximate surface area is 135 Å². The summed E-state index contributed by atoms with van der Waals surface area (Å²) in [5.74, 6) is 0.274. The van der Waals surface area contributed by atoms with Gasteiger partial charge in [-0.25, -0.2) is 13.4 Å². The van der Waals surface area contributed by atoms with Crippen molar-refractivity contribution in [2.24, 2.45) is 0 Å². The Morgan fingerprint density at radius 3 is 2.76 bits per heavy atom. The SMILES string of the molecule is COc1cc(S(=O)(=O)Nc2cc(Br)cnc2Cl)ccc1N. The van der Waals surface area contributed by atoms with Crippen molar-refractivity contribution in [3.63, 3.8) is 0 Å². The highest BCUT2D eigenvalue weighted by molar-refractivity contribution is 9.10. The molecular weight excluding hydrogens is 382 g/mol. The van der Waals surface area contributed by atoms with Crippen molar-refractivity contribution >= 4 is 48.9 Å². The van der Waals surface area contributed by atoms with Crippen molar-refractivity contribution in [3.05, 3.63) is 40.1 Å². The topological polar surface area (TPSA) is 94.3 Å². The van der Waals surface area contributed by atoms with Crippen LogP contribution in [0.4, 0.5) is 11.4 Å². The molecule has 112 valence electrons. The molecule has 2 rings (SSSR count). The number of nitrogens with one attached hydrogen (secondary N) is 1. The third-order valence-corrected chi connectivity index (χ3v) is 4.66. The van der Waals surface area contributed by atoms with E-state index >= 15 is 0 Å². The lowest BCUT2D eigenvalue weighted by Gasteiger charge is -2.11. The molecule has 3 N–H and O–H groups in total. The molecule has 0 saturated carbocycles. The average molecular weight is 393 g/mol. The highest BCUT2D eigenvalue weighted by Gasteiger charge is 2.18. The van der Waals surface area contributed by atoms with Crippen LogP contribution in [0.15, 0.2) is 39.8 Å². The zero-order valence-corrected chi connectivity index (χ0v) is 14.0. The minimum absolute atomic E-state index is 0.00425. The van der Waals surface area contributed by atoms with E-state index in [4.69, 9.17) is 22.1 Å². The van der Waals surface area contributed by atoms with E-state index in [1.54, 1.807) is 0 Å². The molecule has 0 saturated heterocycles. The lowest BCUT2D eigenvalue weighted by atomic mass is 10.3. The lowest BCUT2D eigenvalue weighted by molar-refractivity contribution is 0.415. The van der Waals surface area contributed by atoms with E-state index in [2.05, 4.69) is 25.6 Å². The second kappa shape index (κ2) is 6.08. The van der Waals surface area contributed by atoms with Gasteiger partial charge in [0, 0.05) is 16.7 Å². The van der Waals surface area contributed by atoms with E-state index in [1.807, 2.05) is 0 Å². The standard InChI is InChI=1S/C12H11BrClN3O3S/c1-20-11-5-8(2-3-9(11)15)21(18,19)17-10-4-7(13)6-16-12(10)14/h2-6,17H,15H2,1H3. The van der Waals surface area contributed by atoms with Gasteiger partial charge in [-0.3, -0.25) is 4.72 Å². The van der Waals surface area contributed by atoms with E-state index in [-0.39, 0.29) is 21.5 Å². The van der Waals surface area contributed by atoms with E-state index in [9.17, 15) is 8.42 Å². The van der Waals surface area contributed by atoms with Crippen LogP contribution >= 0.6 is 27.5 Å². The Bertz CT molecular complexity index is 783. The monoisotopic (exact) mass is 391 g/mol. The van der Waals surface area contributed by atoms with Crippen LogP contribution in [0.2, 0.25) is 5.15 Å². The third kappa shape index (κ3) is 3.58. The quantitative estimate of drug-likeness (QED) is 0.616. The predicted octanol–water partition coefficient (Wildman–Crippen LogP) is 2.89. The second-order valence-electron chi connectivity index (χ2n) is 4.00. The number of ether oxygens (including phenoxy) is 1. The van der Waals surface area contributed by atoms with Crippen LogP contribution in [-0.4, -0.2) is 20.5 Å². The van der Waals surface area contributed by atoms with Gasteiger partial charge in [-0.05, 0) is 34.1 Å². The van der Waals surface area contributed by atoms with Crippen LogP contribution in [0.25, 0.3) is 0 Å². The average Bonchev–Trinajstić information content (AvgIpc) is 2.43. The summed E-state index contributed by atoms with van der Waals surface area (Å²) in [6.07, 6.45) is 1.46. The molecule has 0 spiro atoms. The summed E-state index contributed by atoms with van der Waals surface area (Å²) < 4.78 is 32.6. The normalized spacial score (nSPS) is 11.2. The van der Waals surface area contributed by atoms with Crippen LogP contribution < -0.4 is 15.2 Å². The summed E-state index contributed by atoms with van der Waals surface area (Å²) in [5, 5.41) is 0.0455. The summed E-state index contributed by atoms with van der Waals surface area (Å²) in [7, 11) is -2.43. The number of halogens is 2. The molecule has 1 heterocycles. The number of nitrogens with zero attached hydrogens (tertiary/aromatic N) is 1. The molecule has 0 atom stereocenters. The summed E-state index contributed by atoms with van der Waals surface area (Å²) in [5.41, 5.74) is 6.18. The number of nitrogen functional groups attached to an aromatic ring is 1. The molecule has 0 radical (unpaired) electrons. The minimum Gasteiger partial charge on any atom is -0.495 e. The van der Waals surface area contributed by atoms with E-state index in [1.165, 1.54) is 37.6 Å². The van der Waals surface area contributed by atoms with Gasteiger partial charge in [-0.2, -0.15) is 0 Å². The molecule has 0 amide bonds. The summed E-state index contributed by atoms with van der Waals surface area (Å²) in [6.45, 7) is 0. The Balaban J connectivity index is 2.41. The van der Waals surface area contributed by atoms with Gasteiger partial charge < -0.3 is 10.5 Å². The van der Waals surface area contributed by atoms with Crippen LogP contribution in [0, 0.1) is 0 Å². The van der Waals surface area contributed by atoms with Gasteiger partial charge in [0.25, 0.3) is 10.0 Å². The fourth-order valence-corrected chi connectivity index (χ4v) is 3.17. The molecule has 21 heavy (non-hydrogen) atoms. The van der Waals surface area contributed by atoms with Gasteiger partial charge in [-0.15, -0.1) is 0 Å². The van der Waals surface area contributed by atoms with Crippen LogP contribution in [-0.2, 0) is 10.0 Å². The Morgan fingerprint density at radius 1 is 1.38 bits per heavy atom. The fourth-order valence-electron chi connectivity index (χ4n) is 1.56. The van der Waals surface area contributed by atoms with Gasteiger partial charge >= 0.3 is 0 Å². The largest absolute Gasteiger partial charge is 0.495 e. The van der Waals surface area contributed by atoms with Crippen molar-refractivity contribution in [3.8, 4) is 5.75 Å². The smallest absolute Gasteiger partial charge is 0.262 e. The van der Waals surface area contributed by atoms with E-state index in [0.717, 1.165) is 0 Å². The maximum Gasteiger partial charge on any atom is 0.262 e. The number of hydrogen-bond acceptors (Lipinski definition) is 5. The van der Waals surface area contributed by atoms with E-state index < -0.39 is 10.0 Å². The molecule has 0 aliphatic rings. The molecule has 0 aliphatic heterocycles. The van der Waals surface area contributed by atoms with Crippen LogP contribution in [0.5, 0.6) is 5.75 Å². The maximum absolute atomic E-state index is 12.3. The maximum atomic E-state index is 12.3. The number of methoxy groups -OCH3 is 1. The van der Waals surface area contributed by atoms with Gasteiger partial charge in [0.05, 0.1) is 23.4 Å². The molecular formula is C12H11BrClN3O3S. The number of pyridine rings is 1. The highest BCUT2D eigenvalue weighted by Crippen LogP contribution is 2.28. The van der Waals surface area contributed by atoms with Crippen LogP contribution in [0.3, 0.4) is 0 Å². The van der Waals surface area contributed by atoms with Gasteiger partial charge in [0.15, 0.2) is 5.15 Å². The summed E-state index contributed by atoms with van der Waals surface area (Å²) in [4.78, 5) is 3.86. The van der Waals surface area contributed by atoms with E-state index in [0.29, 0.717) is 10.2 Å². The number of sulfonamides is 1. The predicted molar refractivity (Wildman–Crippen MR) is 85.2 cm³/mol. The third-order valence-electron chi connectivity index (χ3n) is 2.57. The molecule has 1 aromatic carbocycles. The van der Waals surface area contributed by atoms with Gasteiger partial charge in [0.2, 0.25) is 0 Å². The molecule has 0 aliphatic carbocycles. The van der Waals surface area contributed by atoms with Gasteiger partial charge in [0.1, 0.15) is 5.75 Å². The Hall–Kier alpha value is -1.51. The Kier molecular flexibility index (Phi) is 4.60. The fraction of sp³-hybridized carbons (Fsp3) is 0.0833. The molecule has 0 unspecified atom stereocenters. The zero-order valence-electron chi connectivity index (χ0n) is 10.8. The number of hydrogen-bond donors (Lipinski definition) is 2. The molecule has 2 aromatic rings. The van der Waals surface area contributed by atoms with Gasteiger partial charge in [-0.1, -0.05) is 11.6 Å². The first-order valence-electron chi connectivity index (χ1n) is 5.61. The zero-order chi connectivity index (χ0) is 15.6. The van der Waals surface area contributed by atoms with Crippen molar-refractivity contribution in [2.45, 2.75) is 4.90 Å². The summed E-state index contributed by atoms with van der Waals surface area (Å²) >= 11 is 9.07. The lowest BCUT2D eigenvalue weighted by Crippen LogP contribution is -2.14. The first-order chi connectivity index (χ1) is 9.83. The first-order valence-corrected chi connectivity index (χ1v) is 8.26. The molecule has 9 heteroatoms. The second-order valence-corrected chi connectivity index (χ2v) is 6.96. The first kappa shape index (κ1) is 15.9. The number of anilines is 2. The molecule has 0 fully saturated rings. The van der Waals surface area contributed by atoms with Crippen molar-refractivity contribution in [1.82, 2.24) is 4.98 Å². The number of aromatic nitrogens is 1. The van der Waals surface area contributed by atoms with Crippen molar-refractivity contribution in [2.75, 3.05) is 17.6 Å². The number of rotatable bonds is 4. The minimum atomic E-state index is -3.83. The highest BCUT2D eigenvalue weighted by atomic mass is 79.9.